The van der Waals surface area contributed by atoms with Crippen LogP contribution in [0.1, 0.15) is 57.3 Å². The average molecular weight is 596 g/mol. The first-order valence-corrected chi connectivity index (χ1v) is 15.1. The lowest BCUT2D eigenvalue weighted by Gasteiger charge is -2.39. The molecule has 2 aromatic carbocycles. The molecule has 11 nitrogen and oxygen atoms in total. The highest BCUT2D eigenvalue weighted by Crippen LogP contribution is 2.48. The summed E-state index contributed by atoms with van der Waals surface area (Å²) in [5.41, 5.74) is 1.26. The Hall–Kier alpha value is -3.06. The van der Waals surface area contributed by atoms with Gasteiger partial charge in [-0.15, -0.1) is 0 Å². The van der Waals surface area contributed by atoms with Crippen LogP contribution in [0.5, 0.6) is 5.75 Å². The molecule has 0 bridgehead atoms. The normalized spacial score (nSPS) is 29.3. The van der Waals surface area contributed by atoms with Crippen LogP contribution in [0.2, 0.25) is 0 Å². The molecular weight excluding hydrogens is 554 g/mol. The van der Waals surface area contributed by atoms with Gasteiger partial charge in [0.05, 0.1) is 18.0 Å². The summed E-state index contributed by atoms with van der Waals surface area (Å²) < 4.78 is 36.3. The highest BCUT2D eigenvalue weighted by atomic mass is 16.9. The van der Waals surface area contributed by atoms with E-state index in [1.807, 2.05) is 13.8 Å². The molecule has 4 fully saturated rings. The van der Waals surface area contributed by atoms with E-state index in [0.29, 0.717) is 29.3 Å². The summed E-state index contributed by atoms with van der Waals surface area (Å²) in [6, 6.07) is 14.0. The summed E-state index contributed by atoms with van der Waals surface area (Å²) in [7, 11) is 0. The fourth-order valence-corrected chi connectivity index (χ4v) is 6.20. The third-order valence-corrected chi connectivity index (χ3v) is 8.15. The molecule has 4 aliphatic rings. The molecule has 2 N–H and O–H groups in total. The number of likely N-dealkylation sites (tertiary alicyclic amines) is 1. The smallest absolute Gasteiger partial charge is 0.287 e. The maximum atomic E-state index is 13.9. The topological polar surface area (TPSA) is 117 Å². The van der Waals surface area contributed by atoms with E-state index in [1.54, 1.807) is 62.4 Å². The van der Waals surface area contributed by atoms with Crippen molar-refractivity contribution < 1.29 is 38.0 Å². The largest absolute Gasteiger partial charge is 0.492 e. The third kappa shape index (κ3) is 6.43. The van der Waals surface area contributed by atoms with Gasteiger partial charge in [0, 0.05) is 12.1 Å². The Bertz CT molecular complexity index is 1330. The molecule has 0 aromatic heterocycles. The SMILES string of the molecule is CC1(C)O[C@@H]2[C@@H](CO[C@@]3(C(=O)Nc4ccccc4NC(=O)c4ccc(OCCN5CCCCC5)cc4)OC(C)(C)O[C@@H]23)O1. The minimum atomic E-state index is -1.77. The second-order valence-electron chi connectivity index (χ2n) is 12.4. The molecule has 0 saturated carbocycles. The lowest BCUT2D eigenvalue weighted by atomic mass is 9.96. The van der Waals surface area contributed by atoms with Crippen molar-refractivity contribution in [2.24, 2.45) is 0 Å². The first-order chi connectivity index (χ1) is 20.5. The number of nitrogens with one attached hydrogen (secondary N) is 2. The van der Waals surface area contributed by atoms with Crippen LogP contribution >= 0.6 is 0 Å². The molecule has 232 valence electrons. The van der Waals surface area contributed by atoms with Gasteiger partial charge in [0.1, 0.15) is 24.6 Å². The van der Waals surface area contributed by atoms with E-state index in [9.17, 15) is 9.59 Å². The van der Waals surface area contributed by atoms with Crippen molar-refractivity contribution in [3.05, 3.63) is 54.1 Å². The van der Waals surface area contributed by atoms with E-state index in [2.05, 4.69) is 15.5 Å². The highest BCUT2D eigenvalue weighted by Gasteiger charge is 2.68. The lowest BCUT2D eigenvalue weighted by molar-refractivity contribution is -0.264. The van der Waals surface area contributed by atoms with Crippen LogP contribution in [-0.4, -0.2) is 85.2 Å². The average Bonchev–Trinajstić information content (AvgIpc) is 3.46. The number of amides is 2. The van der Waals surface area contributed by atoms with Gasteiger partial charge in [-0.25, -0.2) is 0 Å². The van der Waals surface area contributed by atoms with Gasteiger partial charge >= 0.3 is 0 Å². The van der Waals surface area contributed by atoms with Crippen molar-refractivity contribution in [1.29, 1.82) is 0 Å². The predicted molar refractivity (Wildman–Crippen MR) is 158 cm³/mol. The quantitative estimate of drug-likeness (QED) is 0.465. The molecule has 0 spiro atoms. The van der Waals surface area contributed by atoms with Gasteiger partial charge in [0.25, 0.3) is 17.6 Å². The lowest BCUT2D eigenvalue weighted by Crippen LogP contribution is -2.63. The number of piperidine rings is 1. The molecule has 0 radical (unpaired) electrons. The number of benzene rings is 2. The first-order valence-electron chi connectivity index (χ1n) is 15.1. The predicted octanol–water partition coefficient (Wildman–Crippen LogP) is 4.14. The van der Waals surface area contributed by atoms with E-state index < -0.39 is 41.6 Å². The van der Waals surface area contributed by atoms with Gasteiger partial charge < -0.3 is 39.1 Å². The van der Waals surface area contributed by atoms with E-state index in [-0.39, 0.29) is 12.5 Å². The van der Waals surface area contributed by atoms with Gasteiger partial charge in [0.2, 0.25) is 0 Å². The van der Waals surface area contributed by atoms with Crippen LogP contribution in [0, 0.1) is 0 Å². The zero-order chi connectivity index (χ0) is 30.2. The Morgan fingerprint density at radius 3 is 2.30 bits per heavy atom. The van der Waals surface area contributed by atoms with Crippen molar-refractivity contribution in [3.63, 3.8) is 0 Å². The van der Waals surface area contributed by atoms with Crippen molar-refractivity contribution in [2.75, 3.05) is 43.5 Å². The highest BCUT2D eigenvalue weighted by molar-refractivity contribution is 6.08. The van der Waals surface area contributed by atoms with Crippen LogP contribution in [0.15, 0.2) is 48.5 Å². The van der Waals surface area contributed by atoms with Crippen molar-refractivity contribution >= 4 is 23.2 Å². The fourth-order valence-electron chi connectivity index (χ4n) is 6.20. The summed E-state index contributed by atoms with van der Waals surface area (Å²) in [6.07, 6.45) is 1.95. The minimum absolute atomic E-state index is 0.0911. The van der Waals surface area contributed by atoms with Crippen LogP contribution < -0.4 is 15.4 Å². The van der Waals surface area contributed by atoms with E-state index in [1.165, 1.54) is 19.3 Å². The first kappa shape index (κ1) is 30.0. The monoisotopic (exact) mass is 595 g/mol. The van der Waals surface area contributed by atoms with Gasteiger partial charge in [-0.3, -0.25) is 14.5 Å². The van der Waals surface area contributed by atoms with Gasteiger partial charge in [-0.2, -0.15) is 0 Å². The van der Waals surface area contributed by atoms with Gasteiger partial charge in [0.15, 0.2) is 17.7 Å². The number of anilines is 2. The zero-order valence-corrected chi connectivity index (χ0v) is 25.2. The summed E-state index contributed by atoms with van der Waals surface area (Å²) in [5, 5.41) is 5.80. The molecule has 11 heteroatoms. The molecule has 0 unspecified atom stereocenters. The number of hydrogen-bond donors (Lipinski definition) is 2. The Morgan fingerprint density at radius 2 is 1.58 bits per heavy atom. The molecule has 6 rings (SSSR count). The second kappa shape index (κ2) is 11.8. The molecule has 4 heterocycles. The van der Waals surface area contributed by atoms with Crippen molar-refractivity contribution in [3.8, 4) is 5.75 Å². The van der Waals surface area contributed by atoms with Crippen LogP contribution in [0.4, 0.5) is 11.4 Å². The number of carbonyl (C=O) groups excluding carboxylic acids is 2. The molecule has 4 saturated heterocycles. The number of para-hydroxylation sites is 2. The maximum Gasteiger partial charge on any atom is 0.287 e. The number of hydrogen-bond acceptors (Lipinski definition) is 9. The number of fused-ring (bicyclic) bond motifs is 3. The molecular formula is C32H41N3O8. The number of rotatable bonds is 8. The maximum absolute atomic E-state index is 13.9. The van der Waals surface area contributed by atoms with Gasteiger partial charge in [-0.1, -0.05) is 18.6 Å². The molecule has 43 heavy (non-hydrogen) atoms. The summed E-state index contributed by atoms with van der Waals surface area (Å²) >= 11 is 0. The summed E-state index contributed by atoms with van der Waals surface area (Å²) in [6.45, 7) is 10.9. The number of ether oxygens (including phenoxy) is 6. The molecule has 0 aliphatic carbocycles. The number of nitrogens with zero attached hydrogens (tertiary/aromatic N) is 1. The third-order valence-electron chi connectivity index (χ3n) is 8.15. The molecule has 2 aromatic rings. The van der Waals surface area contributed by atoms with E-state index >= 15 is 0 Å². The Labute approximate surface area is 252 Å². The minimum Gasteiger partial charge on any atom is -0.492 e. The Morgan fingerprint density at radius 1 is 0.884 bits per heavy atom. The van der Waals surface area contributed by atoms with Crippen LogP contribution in [0.25, 0.3) is 0 Å². The van der Waals surface area contributed by atoms with Crippen LogP contribution in [0.3, 0.4) is 0 Å². The van der Waals surface area contributed by atoms with E-state index in [4.69, 9.17) is 28.4 Å². The summed E-state index contributed by atoms with van der Waals surface area (Å²) in [4.78, 5) is 29.5. The second-order valence-corrected chi connectivity index (χ2v) is 12.4. The van der Waals surface area contributed by atoms with Crippen molar-refractivity contribution in [2.45, 2.75) is 82.6 Å². The standard InChI is InChI=1S/C32H41N3O8/c1-30(2)40-25-20-39-32(27(26(25)41-30)42-31(3,4)43-32)29(37)34-24-11-7-6-10-23(24)33-28(36)21-12-14-22(15-13-21)38-19-18-35-16-8-5-9-17-35/h6-7,10-15,25-27H,5,8-9,16-20H2,1-4H3,(H,33,36)(H,34,37)/t25-,26-,27+,32-/m1/s1. The zero-order valence-electron chi connectivity index (χ0n) is 25.2. The van der Waals surface area contributed by atoms with Crippen LogP contribution in [-0.2, 0) is 28.5 Å². The summed E-state index contributed by atoms with van der Waals surface area (Å²) in [5.74, 6) is -3.90. The molecule has 4 aliphatic heterocycles. The number of carbonyl (C=O) groups is 2. The van der Waals surface area contributed by atoms with Gasteiger partial charge in [-0.05, 0) is 90.0 Å². The molecule has 4 atom stereocenters. The van der Waals surface area contributed by atoms with E-state index in [0.717, 1.165) is 19.6 Å². The molecule has 2 amide bonds. The Kier molecular flexibility index (Phi) is 8.22. The Balaban J connectivity index is 1.11. The fraction of sp³-hybridized carbons (Fsp3) is 0.562. The van der Waals surface area contributed by atoms with Crippen molar-refractivity contribution in [1.82, 2.24) is 4.90 Å².